The first-order valence-electron chi connectivity index (χ1n) is 8.11. The number of hydrogen-bond acceptors (Lipinski definition) is 4. The molecule has 140 valence electrons. The highest BCUT2D eigenvalue weighted by Crippen LogP contribution is 2.17. The number of halogens is 1. The van der Waals surface area contributed by atoms with Crippen LogP contribution in [0.3, 0.4) is 0 Å². The standard InChI is InChI=1S/C19H22BrNO4S/c1-19(2,3)25-18(22)17(13-14-7-5-4-6-8-14)21-26(23,24)16-11-9-15(20)10-12-16/h4-12,17,21H,13H2,1-3H3/t17-/m1/s1. The molecule has 0 bridgehead atoms. The number of ether oxygens (including phenoxy) is 1. The number of rotatable bonds is 6. The first kappa shape index (κ1) is 20.6. The lowest BCUT2D eigenvalue weighted by atomic mass is 10.1. The van der Waals surface area contributed by atoms with E-state index >= 15 is 0 Å². The first-order chi connectivity index (χ1) is 12.1. The number of esters is 1. The van der Waals surface area contributed by atoms with Gasteiger partial charge in [0.1, 0.15) is 11.6 Å². The van der Waals surface area contributed by atoms with Gasteiger partial charge in [-0.05, 0) is 57.0 Å². The summed E-state index contributed by atoms with van der Waals surface area (Å²) in [5.74, 6) is -0.609. The Morgan fingerprint density at radius 1 is 1.08 bits per heavy atom. The molecule has 0 radical (unpaired) electrons. The van der Waals surface area contributed by atoms with E-state index in [1.165, 1.54) is 12.1 Å². The van der Waals surface area contributed by atoms with Crippen LogP contribution in [-0.2, 0) is 26.0 Å². The minimum Gasteiger partial charge on any atom is -0.459 e. The fourth-order valence-corrected chi connectivity index (χ4v) is 3.71. The summed E-state index contributed by atoms with van der Waals surface area (Å²) < 4.78 is 34.0. The van der Waals surface area contributed by atoms with Crippen molar-refractivity contribution in [2.24, 2.45) is 0 Å². The van der Waals surface area contributed by atoms with Gasteiger partial charge in [0.05, 0.1) is 4.90 Å². The van der Waals surface area contributed by atoms with Crippen molar-refractivity contribution in [3.05, 3.63) is 64.6 Å². The van der Waals surface area contributed by atoms with Crippen LogP contribution in [0.5, 0.6) is 0 Å². The maximum absolute atomic E-state index is 12.7. The van der Waals surface area contributed by atoms with Gasteiger partial charge in [0, 0.05) is 4.47 Å². The highest BCUT2D eigenvalue weighted by molar-refractivity contribution is 9.10. The summed E-state index contributed by atoms with van der Waals surface area (Å²) in [4.78, 5) is 12.7. The quantitative estimate of drug-likeness (QED) is 0.696. The van der Waals surface area contributed by atoms with Gasteiger partial charge in [-0.15, -0.1) is 0 Å². The van der Waals surface area contributed by atoms with Gasteiger partial charge in [-0.3, -0.25) is 4.79 Å². The fourth-order valence-electron chi connectivity index (χ4n) is 2.26. The van der Waals surface area contributed by atoms with Gasteiger partial charge in [-0.1, -0.05) is 46.3 Å². The Morgan fingerprint density at radius 2 is 1.65 bits per heavy atom. The molecular formula is C19H22BrNO4S. The molecule has 0 heterocycles. The van der Waals surface area contributed by atoms with Crippen molar-refractivity contribution < 1.29 is 17.9 Å². The number of hydrogen-bond donors (Lipinski definition) is 1. The van der Waals surface area contributed by atoms with E-state index in [1.54, 1.807) is 32.9 Å². The summed E-state index contributed by atoms with van der Waals surface area (Å²) in [5.41, 5.74) is 0.122. The Labute approximate surface area is 162 Å². The first-order valence-corrected chi connectivity index (χ1v) is 10.4. The number of benzene rings is 2. The van der Waals surface area contributed by atoms with Crippen molar-refractivity contribution in [1.82, 2.24) is 4.72 Å². The highest BCUT2D eigenvalue weighted by atomic mass is 79.9. The van der Waals surface area contributed by atoms with Crippen molar-refractivity contribution in [2.45, 2.75) is 43.7 Å². The maximum Gasteiger partial charge on any atom is 0.325 e. The van der Waals surface area contributed by atoms with Crippen LogP contribution in [0.25, 0.3) is 0 Å². The molecule has 0 amide bonds. The summed E-state index contributed by atoms with van der Waals surface area (Å²) in [7, 11) is -3.87. The molecule has 0 saturated heterocycles. The number of carbonyl (C=O) groups is 1. The van der Waals surface area contributed by atoms with Crippen molar-refractivity contribution in [3.8, 4) is 0 Å². The van der Waals surface area contributed by atoms with Crippen molar-refractivity contribution in [3.63, 3.8) is 0 Å². The van der Waals surface area contributed by atoms with Crippen molar-refractivity contribution in [2.75, 3.05) is 0 Å². The molecule has 2 aromatic carbocycles. The largest absolute Gasteiger partial charge is 0.459 e. The molecule has 26 heavy (non-hydrogen) atoms. The van der Waals surface area contributed by atoms with Crippen LogP contribution in [0.2, 0.25) is 0 Å². The predicted molar refractivity (Wildman–Crippen MR) is 104 cm³/mol. The normalized spacial score (nSPS) is 13.2. The van der Waals surface area contributed by atoms with E-state index in [0.29, 0.717) is 0 Å². The van der Waals surface area contributed by atoms with Crippen LogP contribution in [0, 0.1) is 0 Å². The molecule has 2 aromatic rings. The molecule has 0 saturated carbocycles. The van der Waals surface area contributed by atoms with E-state index in [4.69, 9.17) is 4.74 Å². The van der Waals surface area contributed by atoms with E-state index < -0.39 is 27.6 Å². The molecule has 7 heteroatoms. The smallest absolute Gasteiger partial charge is 0.325 e. The zero-order valence-corrected chi connectivity index (χ0v) is 17.3. The zero-order valence-electron chi connectivity index (χ0n) is 14.9. The molecule has 0 aliphatic rings. The predicted octanol–water partition coefficient (Wildman–Crippen LogP) is 3.68. The third-order valence-electron chi connectivity index (χ3n) is 3.40. The zero-order chi connectivity index (χ0) is 19.4. The Hall–Kier alpha value is -1.70. The van der Waals surface area contributed by atoms with Gasteiger partial charge in [0.25, 0.3) is 0 Å². The number of sulfonamides is 1. The summed E-state index contributed by atoms with van der Waals surface area (Å²) in [6, 6.07) is 14.4. The summed E-state index contributed by atoms with van der Waals surface area (Å²) in [5, 5.41) is 0. The fraction of sp³-hybridized carbons (Fsp3) is 0.316. The molecule has 0 aliphatic carbocycles. The molecule has 2 rings (SSSR count). The lowest BCUT2D eigenvalue weighted by Crippen LogP contribution is -2.45. The summed E-state index contributed by atoms with van der Waals surface area (Å²) >= 11 is 3.27. The van der Waals surface area contributed by atoms with E-state index in [2.05, 4.69) is 20.7 Å². The molecule has 0 spiro atoms. The van der Waals surface area contributed by atoms with Crippen LogP contribution in [0.1, 0.15) is 26.3 Å². The SMILES string of the molecule is CC(C)(C)OC(=O)[C@@H](Cc1ccccc1)NS(=O)(=O)c1ccc(Br)cc1. The van der Waals surface area contributed by atoms with E-state index in [1.807, 2.05) is 30.3 Å². The van der Waals surface area contributed by atoms with Gasteiger partial charge >= 0.3 is 5.97 Å². The van der Waals surface area contributed by atoms with Gasteiger partial charge in [-0.2, -0.15) is 4.72 Å². The molecule has 1 N–H and O–H groups in total. The molecular weight excluding hydrogens is 418 g/mol. The Balaban J connectivity index is 2.27. The topological polar surface area (TPSA) is 72.5 Å². The van der Waals surface area contributed by atoms with Crippen LogP contribution >= 0.6 is 15.9 Å². The monoisotopic (exact) mass is 439 g/mol. The average molecular weight is 440 g/mol. The highest BCUT2D eigenvalue weighted by Gasteiger charge is 2.30. The Morgan fingerprint density at radius 3 is 2.19 bits per heavy atom. The third-order valence-corrected chi connectivity index (χ3v) is 5.41. The van der Waals surface area contributed by atoms with Gasteiger partial charge in [-0.25, -0.2) is 8.42 Å². The average Bonchev–Trinajstić information content (AvgIpc) is 2.54. The van der Waals surface area contributed by atoms with E-state index in [9.17, 15) is 13.2 Å². The minimum atomic E-state index is -3.87. The van der Waals surface area contributed by atoms with Crippen molar-refractivity contribution in [1.29, 1.82) is 0 Å². The Kier molecular flexibility index (Phi) is 6.60. The molecule has 5 nitrogen and oxygen atoms in total. The third kappa shape index (κ3) is 6.23. The molecule has 0 aromatic heterocycles. The van der Waals surface area contributed by atoms with E-state index in [-0.39, 0.29) is 11.3 Å². The van der Waals surface area contributed by atoms with Gasteiger partial charge < -0.3 is 4.74 Å². The maximum atomic E-state index is 12.7. The summed E-state index contributed by atoms with van der Waals surface area (Å²) in [6.07, 6.45) is 0.200. The van der Waals surface area contributed by atoms with Gasteiger partial charge in [0.2, 0.25) is 10.0 Å². The van der Waals surface area contributed by atoms with Crippen LogP contribution in [-0.4, -0.2) is 26.0 Å². The number of nitrogens with one attached hydrogen (secondary N) is 1. The Bertz CT molecular complexity index is 843. The molecule has 0 fully saturated rings. The lowest BCUT2D eigenvalue weighted by Gasteiger charge is -2.24. The molecule has 1 atom stereocenters. The lowest BCUT2D eigenvalue weighted by molar-refractivity contribution is -0.156. The van der Waals surface area contributed by atoms with E-state index in [0.717, 1.165) is 10.0 Å². The van der Waals surface area contributed by atoms with Crippen molar-refractivity contribution >= 4 is 31.9 Å². The molecule has 0 unspecified atom stereocenters. The minimum absolute atomic E-state index is 0.0855. The van der Waals surface area contributed by atoms with Gasteiger partial charge in [0.15, 0.2) is 0 Å². The number of carbonyl (C=O) groups excluding carboxylic acids is 1. The van der Waals surface area contributed by atoms with Crippen LogP contribution in [0.15, 0.2) is 64.0 Å². The van der Waals surface area contributed by atoms with Crippen LogP contribution in [0.4, 0.5) is 0 Å². The molecule has 0 aliphatic heterocycles. The van der Waals surface area contributed by atoms with Crippen LogP contribution < -0.4 is 4.72 Å². The second-order valence-electron chi connectivity index (χ2n) is 6.85. The second-order valence-corrected chi connectivity index (χ2v) is 9.48. The summed E-state index contributed by atoms with van der Waals surface area (Å²) in [6.45, 7) is 5.23. The second kappa shape index (κ2) is 8.33.